The van der Waals surface area contributed by atoms with E-state index in [0.29, 0.717) is 4.90 Å². The number of carbonyl (C=O) groups is 2. The normalized spacial score (nSPS) is 25.3. The van der Waals surface area contributed by atoms with Crippen molar-refractivity contribution in [2.75, 3.05) is 6.54 Å². The summed E-state index contributed by atoms with van der Waals surface area (Å²) in [5.74, 6) is -9.00. The number of hydrogen-bond acceptors (Lipinski definition) is 2. The second-order valence-electron chi connectivity index (χ2n) is 4.25. The van der Waals surface area contributed by atoms with E-state index in [1.54, 1.807) is 0 Å². The zero-order valence-electron chi connectivity index (χ0n) is 9.58. The molecule has 1 rings (SSSR count). The molecule has 0 saturated carbocycles. The average Bonchev–Trinajstić information content (AvgIpc) is 2.27. The molecule has 0 aromatic heterocycles. The average molecular weight is 271 g/mol. The fraction of sp³-hybridized carbons (Fsp3) is 0.800. The predicted octanol–water partition coefficient (Wildman–Crippen LogP) is 1.60. The Bertz CT molecular complexity index is 348. The number of aliphatic carboxylic acids is 1. The lowest BCUT2D eigenvalue weighted by Gasteiger charge is -2.38. The highest BCUT2D eigenvalue weighted by Crippen LogP contribution is 2.31. The van der Waals surface area contributed by atoms with E-state index in [-0.39, 0.29) is 19.4 Å². The van der Waals surface area contributed by atoms with E-state index in [1.807, 2.05) is 0 Å². The van der Waals surface area contributed by atoms with Crippen LogP contribution in [-0.4, -0.2) is 46.8 Å². The SMILES string of the molecule is C[C@@H]1[C@H](C(=O)O)CCCN1C(=O)C(F)(F)C(F)F. The van der Waals surface area contributed by atoms with E-state index in [0.717, 1.165) is 0 Å². The van der Waals surface area contributed by atoms with E-state index in [2.05, 4.69) is 0 Å². The van der Waals surface area contributed by atoms with Gasteiger partial charge in [-0.05, 0) is 19.8 Å². The van der Waals surface area contributed by atoms with Gasteiger partial charge in [0.05, 0.1) is 5.92 Å². The minimum atomic E-state index is -4.77. The zero-order valence-corrected chi connectivity index (χ0v) is 9.58. The topological polar surface area (TPSA) is 57.6 Å². The summed E-state index contributed by atoms with van der Waals surface area (Å²) in [6.07, 6.45) is -3.66. The number of carboxylic acids is 1. The van der Waals surface area contributed by atoms with Gasteiger partial charge in [-0.1, -0.05) is 0 Å². The number of amides is 1. The Balaban J connectivity index is 2.89. The third kappa shape index (κ3) is 2.56. The molecule has 1 aliphatic heterocycles. The molecule has 4 nitrogen and oxygen atoms in total. The van der Waals surface area contributed by atoms with Gasteiger partial charge in [0.25, 0.3) is 5.91 Å². The predicted molar refractivity (Wildman–Crippen MR) is 52.5 cm³/mol. The first kappa shape index (κ1) is 14.7. The Morgan fingerprint density at radius 3 is 2.39 bits per heavy atom. The molecular formula is C10H13F4NO3. The molecule has 8 heteroatoms. The van der Waals surface area contributed by atoms with Crippen molar-refractivity contribution in [1.82, 2.24) is 4.90 Å². The summed E-state index contributed by atoms with van der Waals surface area (Å²) in [5.41, 5.74) is 0. The summed E-state index contributed by atoms with van der Waals surface area (Å²) in [6, 6.07) is -1.02. The fourth-order valence-corrected chi connectivity index (χ4v) is 2.04. The molecule has 0 radical (unpaired) electrons. The van der Waals surface area contributed by atoms with Crippen molar-refractivity contribution in [1.29, 1.82) is 0 Å². The first-order valence-corrected chi connectivity index (χ1v) is 5.39. The number of carboxylic acid groups (broad SMARTS) is 1. The molecule has 0 bridgehead atoms. The monoisotopic (exact) mass is 271 g/mol. The molecule has 0 aromatic rings. The van der Waals surface area contributed by atoms with Crippen molar-refractivity contribution in [3.63, 3.8) is 0 Å². The van der Waals surface area contributed by atoms with Gasteiger partial charge < -0.3 is 10.0 Å². The highest BCUT2D eigenvalue weighted by atomic mass is 19.3. The molecule has 1 amide bonds. The summed E-state index contributed by atoms with van der Waals surface area (Å²) in [7, 11) is 0. The van der Waals surface area contributed by atoms with E-state index in [1.165, 1.54) is 6.92 Å². The molecular weight excluding hydrogens is 258 g/mol. The third-order valence-corrected chi connectivity index (χ3v) is 3.13. The maximum atomic E-state index is 12.9. The maximum absolute atomic E-state index is 12.9. The summed E-state index contributed by atoms with van der Waals surface area (Å²) >= 11 is 0. The Hall–Kier alpha value is -1.34. The Kier molecular flexibility index (Phi) is 4.18. The van der Waals surface area contributed by atoms with Gasteiger partial charge in [-0.2, -0.15) is 8.78 Å². The van der Waals surface area contributed by atoms with Crippen molar-refractivity contribution >= 4 is 11.9 Å². The van der Waals surface area contributed by atoms with Gasteiger partial charge in [-0.25, -0.2) is 8.78 Å². The van der Waals surface area contributed by atoms with Crippen LogP contribution in [0.1, 0.15) is 19.8 Å². The standard InChI is InChI=1S/C10H13F4NO3/c1-5-6(7(16)17)3-2-4-15(5)9(18)10(13,14)8(11)12/h5-6,8H,2-4H2,1H3,(H,16,17)/t5-,6-/m1/s1. The molecule has 2 atom stereocenters. The van der Waals surface area contributed by atoms with Gasteiger partial charge in [-0.3, -0.25) is 9.59 Å². The first-order chi connectivity index (χ1) is 8.19. The minimum absolute atomic E-state index is 0.133. The summed E-state index contributed by atoms with van der Waals surface area (Å²) in [4.78, 5) is 22.7. The quantitative estimate of drug-likeness (QED) is 0.793. The summed E-state index contributed by atoms with van der Waals surface area (Å²) < 4.78 is 50.0. The molecule has 0 unspecified atom stereocenters. The number of piperidine rings is 1. The van der Waals surface area contributed by atoms with Crippen LogP contribution in [0.15, 0.2) is 0 Å². The van der Waals surface area contributed by atoms with Crippen LogP contribution in [0, 0.1) is 5.92 Å². The van der Waals surface area contributed by atoms with Gasteiger partial charge in [-0.15, -0.1) is 0 Å². The van der Waals surface area contributed by atoms with Gasteiger partial charge in [0.2, 0.25) is 0 Å². The summed E-state index contributed by atoms with van der Waals surface area (Å²) in [5, 5.41) is 8.85. The minimum Gasteiger partial charge on any atom is -0.481 e. The highest BCUT2D eigenvalue weighted by Gasteiger charge is 2.53. The summed E-state index contributed by atoms with van der Waals surface area (Å²) in [6.45, 7) is 1.14. The number of hydrogen-bond donors (Lipinski definition) is 1. The lowest BCUT2D eigenvalue weighted by Crippen LogP contribution is -2.56. The largest absolute Gasteiger partial charge is 0.481 e. The number of nitrogens with zero attached hydrogens (tertiary/aromatic N) is 1. The van der Waals surface area contributed by atoms with Gasteiger partial charge in [0.1, 0.15) is 0 Å². The van der Waals surface area contributed by atoms with Crippen molar-refractivity contribution in [3.8, 4) is 0 Å². The number of alkyl halides is 4. The van der Waals surface area contributed by atoms with Crippen molar-refractivity contribution in [2.24, 2.45) is 5.92 Å². The van der Waals surface area contributed by atoms with Crippen molar-refractivity contribution in [2.45, 2.75) is 38.2 Å². The molecule has 1 heterocycles. The van der Waals surface area contributed by atoms with Crippen LogP contribution < -0.4 is 0 Å². The molecule has 1 N–H and O–H groups in total. The van der Waals surface area contributed by atoms with Crippen LogP contribution >= 0.6 is 0 Å². The second-order valence-corrected chi connectivity index (χ2v) is 4.25. The zero-order chi connectivity index (χ0) is 14.1. The van der Waals surface area contributed by atoms with Crippen LogP contribution in [0.4, 0.5) is 17.6 Å². The van der Waals surface area contributed by atoms with Crippen LogP contribution in [0.25, 0.3) is 0 Å². The first-order valence-electron chi connectivity index (χ1n) is 5.39. The smallest absolute Gasteiger partial charge is 0.383 e. The van der Waals surface area contributed by atoms with Crippen molar-refractivity contribution in [3.05, 3.63) is 0 Å². The number of likely N-dealkylation sites (tertiary alicyclic amines) is 1. The van der Waals surface area contributed by atoms with Crippen molar-refractivity contribution < 1.29 is 32.3 Å². The van der Waals surface area contributed by atoms with E-state index < -0.39 is 36.2 Å². The lowest BCUT2D eigenvalue weighted by atomic mass is 9.90. The van der Waals surface area contributed by atoms with E-state index in [9.17, 15) is 27.2 Å². The number of rotatable bonds is 3. The van der Waals surface area contributed by atoms with E-state index in [4.69, 9.17) is 5.11 Å². The maximum Gasteiger partial charge on any atom is 0.383 e. The third-order valence-electron chi connectivity index (χ3n) is 3.13. The van der Waals surface area contributed by atoms with Crippen LogP contribution in [0.2, 0.25) is 0 Å². The number of carbonyl (C=O) groups excluding carboxylic acids is 1. The molecule has 0 aromatic carbocycles. The number of halogens is 4. The molecule has 18 heavy (non-hydrogen) atoms. The van der Waals surface area contributed by atoms with Gasteiger partial charge >= 0.3 is 18.3 Å². The highest BCUT2D eigenvalue weighted by molar-refractivity contribution is 5.85. The van der Waals surface area contributed by atoms with Crippen LogP contribution in [-0.2, 0) is 9.59 Å². The molecule has 1 fully saturated rings. The molecule has 0 aliphatic carbocycles. The van der Waals surface area contributed by atoms with Crippen LogP contribution in [0.5, 0.6) is 0 Å². The van der Waals surface area contributed by atoms with Crippen LogP contribution in [0.3, 0.4) is 0 Å². The molecule has 104 valence electrons. The Labute approximate surface area is 101 Å². The van der Waals surface area contributed by atoms with Gasteiger partial charge in [0, 0.05) is 12.6 Å². The molecule has 1 aliphatic rings. The second kappa shape index (κ2) is 5.11. The Morgan fingerprint density at radius 1 is 1.39 bits per heavy atom. The fourth-order valence-electron chi connectivity index (χ4n) is 2.04. The van der Waals surface area contributed by atoms with E-state index >= 15 is 0 Å². The molecule has 0 spiro atoms. The molecule has 1 saturated heterocycles. The Morgan fingerprint density at radius 2 is 1.94 bits per heavy atom. The lowest BCUT2D eigenvalue weighted by molar-refractivity contribution is -0.185. The van der Waals surface area contributed by atoms with Gasteiger partial charge in [0.15, 0.2) is 0 Å².